The zero-order chi connectivity index (χ0) is 12.0. The monoisotopic (exact) mass is 267 g/mol. The van der Waals surface area contributed by atoms with Gasteiger partial charge in [-0.15, -0.1) is 11.8 Å². The van der Waals surface area contributed by atoms with Gasteiger partial charge in [-0.25, -0.2) is 0 Å². The number of nitrogens with one attached hydrogen (secondary N) is 1. The van der Waals surface area contributed by atoms with E-state index in [-0.39, 0.29) is 15.9 Å². The van der Waals surface area contributed by atoms with Crippen LogP contribution < -0.4 is 5.32 Å². The molecule has 1 atom stereocenters. The van der Waals surface area contributed by atoms with Gasteiger partial charge in [-0.3, -0.25) is 4.79 Å². The molecule has 2 heterocycles. The molecule has 0 bridgehead atoms. The number of ether oxygens (including phenoxy) is 1. The third-order valence-corrected chi connectivity index (χ3v) is 4.82. The Morgan fingerprint density at radius 2 is 2.29 bits per heavy atom. The Hall–Kier alpha value is -0.650. The average molecular weight is 267 g/mol. The standard InChI is InChI=1S/C12H13NO2S2/c1-7-11(14)13-9-4-8(2-3-10(9)17-7)12(16)5-15-6-12/h2-4,7,16H,5-6H2,1H3,(H,13,14). The van der Waals surface area contributed by atoms with Crippen molar-refractivity contribution in [2.24, 2.45) is 0 Å². The molecule has 1 amide bonds. The van der Waals surface area contributed by atoms with Gasteiger partial charge in [0.05, 0.1) is 28.9 Å². The molecule has 1 aromatic carbocycles. The number of carbonyl (C=O) groups is 1. The molecule has 0 aliphatic carbocycles. The molecule has 1 aromatic rings. The van der Waals surface area contributed by atoms with Crippen LogP contribution in [0, 0.1) is 0 Å². The van der Waals surface area contributed by atoms with Crippen LogP contribution in [0.4, 0.5) is 5.69 Å². The van der Waals surface area contributed by atoms with Crippen molar-refractivity contribution in [3.63, 3.8) is 0 Å². The first kappa shape index (κ1) is 11.4. The van der Waals surface area contributed by atoms with Crippen LogP contribution in [0.2, 0.25) is 0 Å². The highest BCUT2D eigenvalue weighted by Crippen LogP contribution is 2.41. The number of rotatable bonds is 1. The predicted molar refractivity (Wildman–Crippen MR) is 71.9 cm³/mol. The van der Waals surface area contributed by atoms with Crippen molar-refractivity contribution in [1.29, 1.82) is 0 Å². The number of hydrogen-bond donors (Lipinski definition) is 2. The van der Waals surface area contributed by atoms with E-state index in [1.807, 2.05) is 13.0 Å². The Morgan fingerprint density at radius 1 is 1.53 bits per heavy atom. The first-order valence-corrected chi connectivity index (χ1v) is 6.83. The van der Waals surface area contributed by atoms with E-state index in [1.54, 1.807) is 11.8 Å². The second-order valence-electron chi connectivity index (χ2n) is 4.48. The second kappa shape index (κ2) is 3.93. The van der Waals surface area contributed by atoms with Gasteiger partial charge in [0, 0.05) is 4.90 Å². The maximum atomic E-state index is 11.6. The minimum absolute atomic E-state index is 0.0228. The Bertz CT molecular complexity index is 485. The van der Waals surface area contributed by atoms with Crippen molar-refractivity contribution in [2.75, 3.05) is 18.5 Å². The van der Waals surface area contributed by atoms with Gasteiger partial charge < -0.3 is 10.1 Å². The van der Waals surface area contributed by atoms with Gasteiger partial charge >= 0.3 is 0 Å². The Labute approximate surface area is 110 Å². The summed E-state index contributed by atoms with van der Waals surface area (Å²) in [4.78, 5) is 12.7. The normalized spacial score (nSPS) is 25.8. The number of carbonyl (C=O) groups excluding carboxylic acids is 1. The third kappa shape index (κ3) is 1.86. The van der Waals surface area contributed by atoms with Crippen molar-refractivity contribution < 1.29 is 9.53 Å². The molecule has 2 aliphatic heterocycles. The lowest BCUT2D eigenvalue weighted by atomic mass is 9.96. The highest BCUT2D eigenvalue weighted by molar-refractivity contribution is 8.00. The van der Waals surface area contributed by atoms with E-state index >= 15 is 0 Å². The number of anilines is 1. The SMILES string of the molecule is CC1Sc2ccc(C3(S)COC3)cc2NC1=O. The smallest absolute Gasteiger partial charge is 0.237 e. The van der Waals surface area contributed by atoms with Crippen LogP contribution in [0.3, 0.4) is 0 Å². The average Bonchev–Trinajstić information content (AvgIpc) is 2.27. The molecule has 5 heteroatoms. The zero-order valence-corrected chi connectivity index (χ0v) is 11.1. The summed E-state index contributed by atoms with van der Waals surface area (Å²) < 4.78 is 5.02. The summed E-state index contributed by atoms with van der Waals surface area (Å²) >= 11 is 6.22. The highest BCUT2D eigenvalue weighted by atomic mass is 32.2. The van der Waals surface area contributed by atoms with E-state index < -0.39 is 0 Å². The number of fused-ring (bicyclic) bond motifs is 1. The van der Waals surface area contributed by atoms with Gasteiger partial charge in [-0.1, -0.05) is 6.07 Å². The zero-order valence-electron chi connectivity index (χ0n) is 9.40. The molecular formula is C12H13NO2S2. The van der Waals surface area contributed by atoms with Gasteiger partial charge in [-0.2, -0.15) is 12.6 Å². The first-order valence-electron chi connectivity index (χ1n) is 5.51. The van der Waals surface area contributed by atoms with Crippen molar-refractivity contribution in [3.8, 4) is 0 Å². The summed E-state index contributed by atoms with van der Waals surface area (Å²) in [7, 11) is 0. The van der Waals surface area contributed by atoms with Gasteiger partial charge in [0.2, 0.25) is 5.91 Å². The molecule has 1 unspecified atom stereocenters. The summed E-state index contributed by atoms with van der Waals surface area (Å²) in [5.74, 6) is 0.0673. The lowest BCUT2D eigenvalue weighted by Gasteiger charge is -2.38. The fourth-order valence-corrected chi connectivity index (χ4v) is 3.21. The number of hydrogen-bond acceptors (Lipinski definition) is 4. The van der Waals surface area contributed by atoms with E-state index in [1.165, 1.54) is 0 Å². The van der Waals surface area contributed by atoms with E-state index in [9.17, 15) is 4.79 Å². The maximum absolute atomic E-state index is 11.6. The van der Waals surface area contributed by atoms with E-state index in [0.29, 0.717) is 13.2 Å². The van der Waals surface area contributed by atoms with Crippen LogP contribution in [0.25, 0.3) is 0 Å². The molecule has 17 heavy (non-hydrogen) atoms. The minimum Gasteiger partial charge on any atom is -0.378 e. The van der Waals surface area contributed by atoms with E-state index in [2.05, 4.69) is 30.1 Å². The van der Waals surface area contributed by atoms with E-state index in [0.717, 1.165) is 16.1 Å². The predicted octanol–water partition coefficient (Wildman–Crippen LogP) is 2.27. The largest absolute Gasteiger partial charge is 0.378 e. The Balaban J connectivity index is 1.96. The molecule has 90 valence electrons. The van der Waals surface area contributed by atoms with E-state index in [4.69, 9.17) is 4.74 Å². The summed E-state index contributed by atoms with van der Waals surface area (Å²) in [6.07, 6.45) is 0. The lowest BCUT2D eigenvalue weighted by molar-refractivity contribution is -0.115. The molecule has 1 N–H and O–H groups in total. The van der Waals surface area contributed by atoms with Crippen molar-refractivity contribution in [1.82, 2.24) is 0 Å². The van der Waals surface area contributed by atoms with Crippen LogP contribution >= 0.6 is 24.4 Å². The van der Waals surface area contributed by atoms with Crippen LogP contribution in [-0.2, 0) is 14.3 Å². The van der Waals surface area contributed by atoms with Gasteiger partial charge in [0.25, 0.3) is 0 Å². The van der Waals surface area contributed by atoms with Crippen LogP contribution in [0.5, 0.6) is 0 Å². The van der Waals surface area contributed by atoms with Crippen molar-refractivity contribution >= 4 is 36.0 Å². The number of thioether (sulfide) groups is 1. The topological polar surface area (TPSA) is 38.3 Å². The van der Waals surface area contributed by atoms with Gasteiger partial charge in [0.1, 0.15) is 0 Å². The van der Waals surface area contributed by atoms with Gasteiger partial charge in [0.15, 0.2) is 0 Å². The molecule has 1 saturated heterocycles. The summed E-state index contributed by atoms with van der Waals surface area (Å²) in [6.45, 7) is 3.18. The van der Waals surface area contributed by atoms with Gasteiger partial charge in [-0.05, 0) is 24.6 Å². The molecule has 0 radical (unpaired) electrons. The first-order chi connectivity index (χ1) is 8.08. The molecule has 0 aromatic heterocycles. The van der Waals surface area contributed by atoms with Crippen LogP contribution in [-0.4, -0.2) is 24.4 Å². The summed E-state index contributed by atoms with van der Waals surface area (Å²) in [5, 5.41) is 2.91. The summed E-state index contributed by atoms with van der Waals surface area (Å²) in [6, 6.07) is 6.15. The Morgan fingerprint density at radius 3 is 2.94 bits per heavy atom. The lowest BCUT2D eigenvalue weighted by Crippen LogP contribution is -2.41. The number of thiol groups is 1. The number of benzene rings is 1. The molecule has 2 aliphatic rings. The molecule has 3 rings (SSSR count). The minimum atomic E-state index is -0.187. The van der Waals surface area contributed by atoms with Crippen molar-refractivity contribution in [2.45, 2.75) is 21.8 Å². The molecule has 1 fully saturated rings. The van der Waals surface area contributed by atoms with Crippen LogP contribution in [0.15, 0.2) is 23.1 Å². The Kier molecular flexibility index (Phi) is 2.65. The second-order valence-corrected chi connectivity index (χ2v) is 6.72. The number of amides is 1. The quantitative estimate of drug-likeness (QED) is 0.767. The summed E-state index contributed by atoms with van der Waals surface area (Å²) in [5.41, 5.74) is 2.01. The van der Waals surface area contributed by atoms with Crippen LogP contribution in [0.1, 0.15) is 12.5 Å². The molecule has 0 saturated carbocycles. The highest BCUT2D eigenvalue weighted by Gasteiger charge is 2.37. The fourth-order valence-electron chi connectivity index (χ4n) is 1.96. The fraction of sp³-hybridized carbons (Fsp3) is 0.417. The molecule has 3 nitrogen and oxygen atoms in total. The third-order valence-electron chi connectivity index (χ3n) is 3.13. The maximum Gasteiger partial charge on any atom is 0.237 e. The van der Waals surface area contributed by atoms with Crippen molar-refractivity contribution in [3.05, 3.63) is 23.8 Å². The molecule has 0 spiro atoms. The molecular weight excluding hydrogens is 254 g/mol.